The lowest BCUT2D eigenvalue weighted by Gasteiger charge is -2.05. The highest BCUT2D eigenvalue weighted by Crippen LogP contribution is 2.34. The van der Waals surface area contributed by atoms with Crippen LogP contribution in [0.15, 0.2) is 24.3 Å². The third-order valence-corrected chi connectivity index (χ3v) is 3.94. The SMILES string of the molecule is CCC(N)c1ccc(-c2cc(F)cc(F)c2F)s1. The molecule has 0 bridgehead atoms. The first-order chi connectivity index (χ1) is 8.52. The van der Waals surface area contributed by atoms with Crippen LogP contribution in [0.3, 0.4) is 0 Å². The number of halogens is 3. The van der Waals surface area contributed by atoms with Crippen LogP contribution >= 0.6 is 11.3 Å². The van der Waals surface area contributed by atoms with Crippen LogP contribution in [0.4, 0.5) is 13.2 Å². The van der Waals surface area contributed by atoms with E-state index in [0.717, 1.165) is 17.4 Å². The molecule has 2 rings (SSSR count). The molecule has 1 unspecified atom stereocenters. The number of rotatable bonds is 3. The van der Waals surface area contributed by atoms with E-state index in [0.29, 0.717) is 10.9 Å². The van der Waals surface area contributed by atoms with Crippen LogP contribution in [0.2, 0.25) is 0 Å². The third-order valence-electron chi connectivity index (χ3n) is 2.69. The second-order valence-electron chi connectivity index (χ2n) is 3.97. The zero-order chi connectivity index (χ0) is 13.3. The van der Waals surface area contributed by atoms with E-state index in [-0.39, 0.29) is 11.6 Å². The second kappa shape index (κ2) is 5.12. The Morgan fingerprint density at radius 1 is 1.22 bits per heavy atom. The molecule has 0 aliphatic rings. The van der Waals surface area contributed by atoms with Crippen LogP contribution in [0.1, 0.15) is 24.3 Å². The van der Waals surface area contributed by atoms with Crippen LogP contribution in [0, 0.1) is 17.5 Å². The van der Waals surface area contributed by atoms with E-state index in [9.17, 15) is 13.2 Å². The average molecular weight is 271 g/mol. The lowest BCUT2D eigenvalue weighted by atomic mass is 10.1. The van der Waals surface area contributed by atoms with Gasteiger partial charge in [0.2, 0.25) is 0 Å². The summed E-state index contributed by atoms with van der Waals surface area (Å²) in [4.78, 5) is 1.35. The lowest BCUT2D eigenvalue weighted by Crippen LogP contribution is -2.05. The van der Waals surface area contributed by atoms with Crippen LogP contribution < -0.4 is 5.73 Å². The predicted octanol–water partition coefficient (Wildman–Crippen LogP) is 4.24. The molecule has 1 atom stereocenters. The van der Waals surface area contributed by atoms with Gasteiger partial charge in [0.15, 0.2) is 11.6 Å². The van der Waals surface area contributed by atoms with Crippen molar-refractivity contribution in [3.05, 3.63) is 46.6 Å². The number of hydrogen-bond donors (Lipinski definition) is 1. The number of nitrogens with two attached hydrogens (primary N) is 1. The molecular formula is C13H12F3NS. The number of thiophene rings is 1. The first-order valence-electron chi connectivity index (χ1n) is 5.53. The average Bonchev–Trinajstić information content (AvgIpc) is 2.82. The van der Waals surface area contributed by atoms with Gasteiger partial charge in [0.25, 0.3) is 0 Å². The molecule has 96 valence electrons. The summed E-state index contributed by atoms with van der Waals surface area (Å²) in [7, 11) is 0. The quantitative estimate of drug-likeness (QED) is 0.830. The van der Waals surface area contributed by atoms with Gasteiger partial charge in [0.05, 0.1) is 0 Å². The molecule has 2 N–H and O–H groups in total. The van der Waals surface area contributed by atoms with E-state index >= 15 is 0 Å². The highest BCUT2D eigenvalue weighted by atomic mass is 32.1. The van der Waals surface area contributed by atoms with E-state index in [2.05, 4.69) is 0 Å². The van der Waals surface area contributed by atoms with E-state index in [1.54, 1.807) is 12.1 Å². The van der Waals surface area contributed by atoms with Crippen LogP contribution in [0.5, 0.6) is 0 Å². The van der Waals surface area contributed by atoms with E-state index < -0.39 is 17.5 Å². The molecule has 0 radical (unpaired) electrons. The van der Waals surface area contributed by atoms with Gasteiger partial charge < -0.3 is 5.73 Å². The summed E-state index contributed by atoms with van der Waals surface area (Å²) >= 11 is 1.25. The predicted molar refractivity (Wildman–Crippen MR) is 66.8 cm³/mol. The van der Waals surface area contributed by atoms with E-state index in [1.165, 1.54) is 11.3 Å². The molecule has 18 heavy (non-hydrogen) atoms. The fraction of sp³-hybridized carbons (Fsp3) is 0.231. The van der Waals surface area contributed by atoms with Gasteiger partial charge in [-0.05, 0) is 24.6 Å². The minimum Gasteiger partial charge on any atom is -0.323 e. The van der Waals surface area contributed by atoms with Gasteiger partial charge in [-0.1, -0.05) is 6.92 Å². The van der Waals surface area contributed by atoms with Crippen LogP contribution in [-0.4, -0.2) is 0 Å². The monoisotopic (exact) mass is 271 g/mol. The summed E-state index contributed by atoms with van der Waals surface area (Å²) in [5.74, 6) is -3.01. The fourth-order valence-electron chi connectivity index (χ4n) is 1.63. The van der Waals surface area contributed by atoms with E-state index in [1.807, 2.05) is 6.92 Å². The molecule has 0 saturated heterocycles. The summed E-state index contributed by atoms with van der Waals surface area (Å²) in [6.07, 6.45) is 0.750. The smallest absolute Gasteiger partial charge is 0.167 e. The highest BCUT2D eigenvalue weighted by molar-refractivity contribution is 7.15. The fourth-order valence-corrected chi connectivity index (χ4v) is 2.74. The molecule has 1 heterocycles. The minimum atomic E-state index is -1.18. The minimum absolute atomic E-state index is 0.0629. The van der Waals surface area contributed by atoms with Crippen molar-refractivity contribution in [2.24, 2.45) is 5.73 Å². The van der Waals surface area contributed by atoms with Crippen molar-refractivity contribution in [1.29, 1.82) is 0 Å². The Labute approximate surface area is 107 Å². The van der Waals surface area contributed by atoms with Crippen molar-refractivity contribution in [3.8, 4) is 10.4 Å². The van der Waals surface area contributed by atoms with Crippen molar-refractivity contribution in [1.82, 2.24) is 0 Å². The first-order valence-corrected chi connectivity index (χ1v) is 6.34. The summed E-state index contributed by atoms with van der Waals surface area (Å²) in [5, 5.41) is 0. The standard InChI is InChI=1S/C13H12F3NS/c1-2-10(17)12-4-3-11(18-12)8-5-7(14)6-9(15)13(8)16/h3-6,10H,2,17H2,1H3. The largest absolute Gasteiger partial charge is 0.323 e. The summed E-state index contributed by atoms with van der Waals surface area (Å²) in [6, 6.07) is 4.78. The molecule has 2 aromatic rings. The van der Waals surface area contributed by atoms with Crippen LogP contribution in [0.25, 0.3) is 10.4 Å². The molecule has 1 aromatic heterocycles. The molecule has 5 heteroatoms. The third kappa shape index (κ3) is 2.42. The zero-order valence-corrected chi connectivity index (χ0v) is 10.5. The Morgan fingerprint density at radius 3 is 2.61 bits per heavy atom. The molecule has 0 aliphatic carbocycles. The molecule has 0 fully saturated rings. The van der Waals surface area contributed by atoms with Crippen molar-refractivity contribution in [2.75, 3.05) is 0 Å². The molecule has 1 aromatic carbocycles. The van der Waals surface area contributed by atoms with Gasteiger partial charge in [0.1, 0.15) is 5.82 Å². The Balaban J connectivity index is 2.46. The Bertz CT molecular complexity index is 565. The van der Waals surface area contributed by atoms with E-state index in [4.69, 9.17) is 5.73 Å². The van der Waals surface area contributed by atoms with Gasteiger partial charge in [0, 0.05) is 27.4 Å². The van der Waals surface area contributed by atoms with Crippen molar-refractivity contribution in [3.63, 3.8) is 0 Å². The zero-order valence-electron chi connectivity index (χ0n) is 9.71. The maximum Gasteiger partial charge on any atom is 0.167 e. The summed E-state index contributed by atoms with van der Waals surface area (Å²) < 4.78 is 39.8. The van der Waals surface area contributed by atoms with Gasteiger partial charge in [-0.25, -0.2) is 13.2 Å². The molecule has 1 nitrogen and oxygen atoms in total. The molecule has 0 amide bonds. The molecular weight excluding hydrogens is 259 g/mol. The van der Waals surface area contributed by atoms with Crippen molar-refractivity contribution in [2.45, 2.75) is 19.4 Å². The van der Waals surface area contributed by atoms with Crippen LogP contribution in [-0.2, 0) is 0 Å². The topological polar surface area (TPSA) is 26.0 Å². The lowest BCUT2D eigenvalue weighted by molar-refractivity contribution is 0.498. The summed E-state index contributed by atoms with van der Waals surface area (Å²) in [6.45, 7) is 1.94. The number of benzene rings is 1. The van der Waals surface area contributed by atoms with Gasteiger partial charge in [-0.2, -0.15) is 0 Å². The Hall–Kier alpha value is -1.33. The summed E-state index contributed by atoms with van der Waals surface area (Å²) in [5.41, 5.74) is 5.79. The normalized spacial score (nSPS) is 12.7. The first kappa shape index (κ1) is 13.1. The van der Waals surface area contributed by atoms with Crippen molar-refractivity contribution < 1.29 is 13.2 Å². The Morgan fingerprint density at radius 2 is 1.94 bits per heavy atom. The van der Waals surface area contributed by atoms with Crippen molar-refractivity contribution >= 4 is 11.3 Å². The molecule has 0 saturated carbocycles. The molecule has 0 aliphatic heterocycles. The second-order valence-corrected chi connectivity index (χ2v) is 5.08. The molecule has 0 spiro atoms. The maximum absolute atomic E-state index is 13.6. The Kier molecular flexibility index (Phi) is 3.73. The number of hydrogen-bond acceptors (Lipinski definition) is 2. The van der Waals surface area contributed by atoms with Gasteiger partial charge in [-0.3, -0.25) is 0 Å². The highest BCUT2D eigenvalue weighted by Gasteiger charge is 2.15. The van der Waals surface area contributed by atoms with Gasteiger partial charge in [-0.15, -0.1) is 11.3 Å². The maximum atomic E-state index is 13.6. The van der Waals surface area contributed by atoms with Gasteiger partial charge >= 0.3 is 0 Å².